The standard InChI is InChI=1S/C21H22N4O2S/c1-4-12-22-19(26)14-28-21-24-23-20(16-6-5-7-18(13-16)27-3)25(21)17-10-8-15(2)9-11-17/h4-11,13H,1,12,14H2,2-3H3,(H,22,26). The highest BCUT2D eigenvalue weighted by atomic mass is 32.2. The summed E-state index contributed by atoms with van der Waals surface area (Å²) in [5, 5.41) is 12.1. The van der Waals surface area contributed by atoms with Crippen molar-refractivity contribution in [2.45, 2.75) is 12.1 Å². The Kier molecular flexibility index (Phi) is 6.49. The molecule has 1 amide bonds. The Labute approximate surface area is 168 Å². The van der Waals surface area contributed by atoms with Gasteiger partial charge in [-0.1, -0.05) is 47.7 Å². The fourth-order valence-electron chi connectivity index (χ4n) is 2.61. The van der Waals surface area contributed by atoms with E-state index in [1.165, 1.54) is 11.8 Å². The number of rotatable bonds is 8. The largest absolute Gasteiger partial charge is 0.497 e. The summed E-state index contributed by atoms with van der Waals surface area (Å²) >= 11 is 1.34. The molecular weight excluding hydrogens is 372 g/mol. The van der Waals surface area contributed by atoms with Gasteiger partial charge in [-0.2, -0.15) is 0 Å². The lowest BCUT2D eigenvalue weighted by Gasteiger charge is -2.11. The van der Waals surface area contributed by atoms with Crippen LogP contribution in [0.15, 0.2) is 66.3 Å². The third-order valence-electron chi connectivity index (χ3n) is 4.03. The monoisotopic (exact) mass is 394 g/mol. The van der Waals surface area contributed by atoms with E-state index < -0.39 is 0 Å². The second kappa shape index (κ2) is 9.23. The molecule has 0 fully saturated rings. The maximum absolute atomic E-state index is 12.0. The molecule has 144 valence electrons. The number of benzene rings is 2. The number of ether oxygens (including phenoxy) is 1. The molecule has 1 heterocycles. The molecular formula is C21H22N4O2S. The molecule has 3 rings (SSSR count). The molecule has 0 unspecified atom stereocenters. The van der Waals surface area contributed by atoms with E-state index in [0.29, 0.717) is 17.5 Å². The SMILES string of the molecule is C=CCNC(=O)CSc1nnc(-c2cccc(OC)c2)n1-c1ccc(C)cc1. The van der Waals surface area contributed by atoms with E-state index in [9.17, 15) is 4.79 Å². The van der Waals surface area contributed by atoms with Crippen molar-refractivity contribution in [3.8, 4) is 22.8 Å². The van der Waals surface area contributed by atoms with E-state index >= 15 is 0 Å². The predicted octanol–water partition coefficient (Wildman–Crippen LogP) is 3.65. The van der Waals surface area contributed by atoms with Crippen molar-refractivity contribution in [1.29, 1.82) is 0 Å². The lowest BCUT2D eigenvalue weighted by molar-refractivity contribution is -0.118. The number of hydrogen-bond donors (Lipinski definition) is 1. The first-order valence-corrected chi connectivity index (χ1v) is 9.78. The topological polar surface area (TPSA) is 69.0 Å². The molecule has 3 aromatic rings. The number of amides is 1. The minimum Gasteiger partial charge on any atom is -0.497 e. The zero-order valence-electron chi connectivity index (χ0n) is 15.9. The van der Waals surface area contributed by atoms with E-state index in [2.05, 4.69) is 22.1 Å². The number of methoxy groups -OCH3 is 1. The first-order chi connectivity index (χ1) is 13.6. The summed E-state index contributed by atoms with van der Waals surface area (Å²) in [5.74, 6) is 1.60. The number of nitrogens with zero attached hydrogens (tertiary/aromatic N) is 3. The van der Waals surface area contributed by atoms with Crippen LogP contribution in [0.1, 0.15) is 5.56 Å². The van der Waals surface area contributed by atoms with Crippen LogP contribution < -0.4 is 10.1 Å². The molecule has 6 nitrogen and oxygen atoms in total. The van der Waals surface area contributed by atoms with Crippen LogP contribution >= 0.6 is 11.8 Å². The lowest BCUT2D eigenvalue weighted by Crippen LogP contribution is -2.25. The van der Waals surface area contributed by atoms with Crippen LogP contribution in [0.3, 0.4) is 0 Å². The highest BCUT2D eigenvalue weighted by molar-refractivity contribution is 7.99. The summed E-state index contributed by atoms with van der Waals surface area (Å²) in [6, 6.07) is 15.8. The van der Waals surface area contributed by atoms with Gasteiger partial charge in [0, 0.05) is 17.8 Å². The highest BCUT2D eigenvalue weighted by Crippen LogP contribution is 2.29. The molecule has 7 heteroatoms. The van der Waals surface area contributed by atoms with E-state index in [-0.39, 0.29) is 11.7 Å². The van der Waals surface area contributed by atoms with Crippen molar-refractivity contribution in [2.75, 3.05) is 19.4 Å². The molecule has 0 aliphatic carbocycles. The Bertz CT molecular complexity index is 967. The van der Waals surface area contributed by atoms with Crippen LogP contribution in [-0.4, -0.2) is 40.1 Å². The van der Waals surface area contributed by atoms with Gasteiger partial charge >= 0.3 is 0 Å². The average molecular weight is 395 g/mol. The molecule has 0 aliphatic rings. The van der Waals surface area contributed by atoms with Crippen LogP contribution in [0.5, 0.6) is 5.75 Å². The first-order valence-electron chi connectivity index (χ1n) is 8.79. The molecule has 0 saturated heterocycles. The van der Waals surface area contributed by atoms with Crippen LogP contribution in [-0.2, 0) is 4.79 Å². The number of hydrogen-bond acceptors (Lipinski definition) is 5. The van der Waals surface area contributed by atoms with Crippen molar-refractivity contribution in [1.82, 2.24) is 20.1 Å². The number of carbonyl (C=O) groups excluding carboxylic acids is 1. The maximum atomic E-state index is 12.0. The number of aromatic nitrogens is 3. The second-order valence-electron chi connectivity index (χ2n) is 6.09. The summed E-state index contributed by atoms with van der Waals surface area (Å²) < 4.78 is 7.30. The van der Waals surface area contributed by atoms with Gasteiger partial charge in [-0.15, -0.1) is 16.8 Å². The molecule has 1 aromatic heterocycles. The van der Waals surface area contributed by atoms with E-state index in [1.54, 1.807) is 13.2 Å². The smallest absolute Gasteiger partial charge is 0.230 e. The van der Waals surface area contributed by atoms with Gasteiger partial charge in [0.15, 0.2) is 11.0 Å². The van der Waals surface area contributed by atoms with Gasteiger partial charge in [0.1, 0.15) is 5.75 Å². The van der Waals surface area contributed by atoms with Gasteiger partial charge in [-0.25, -0.2) is 0 Å². The average Bonchev–Trinajstić information content (AvgIpc) is 3.15. The summed E-state index contributed by atoms with van der Waals surface area (Å²) in [7, 11) is 1.63. The summed E-state index contributed by atoms with van der Waals surface area (Å²) in [6.07, 6.45) is 1.65. The van der Waals surface area contributed by atoms with Gasteiger partial charge in [0.25, 0.3) is 0 Å². The molecule has 0 atom stereocenters. The highest BCUT2D eigenvalue weighted by Gasteiger charge is 2.17. The van der Waals surface area contributed by atoms with E-state index in [4.69, 9.17) is 4.74 Å². The molecule has 0 spiro atoms. The predicted molar refractivity (Wildman–Crippen MR) is 112 cm³/mol. The van der Waals surface area contributed by atoms with E-state index in [1.807, 2.05) is 60.0 Å². The quantitative estimate of drug-likeness (QED) is 0.467. The summed E-state index contributed by atoms with van der Waals surface area (Å²) in [6.45, 7) is 6.09. The summed E-state index contributed by atoms with van der Waals surface area (Å²) in [5.41, 5.74) is 2.98. The van der Waals surface area contributed by atoms with Gasteiger partial charge in [-0.3, -0.25) is 9.36 Å². The molecule has 0 saturated carbocycles. The van der Waals surface area contributed by atoms with Gasteiger partial charge in [-0.05, 0) is 31.2 Å². The molecule has 2 aromatic carbocycles. The number of aryl methyl sites for hydroxylation is 1. The number of carbonyl (C=O) groups is 1. The van der Waals surface area contributed by atoms with Crippen LogP contribution in [0.4, 0.5) is 0 Å². The maximum Gasteiger partial charge on any atom is 0.230 e. The van der Waals surface area contributed by atoms with Crippen molar-refractivity contribution < 1.29 is 9.53 Å². The Morgan fingerprint density at radius 3 is 2.75 bits per heavy atom. The van der Waals surface area contributed by atoms with E-state index in [0.717, 1.165) is 22.6 Å². The van der Waals surface area contributed by atoms with Crippen molar-refractivity contribution in [3.05, 3.63) is 66.7 Å². The Balaban J connectivity index is 1.98. The molecule has 0 bridgehead atoms. The molecule has 1 N–H and O–H groups in total. The fourth-order valence-corrected chi connectivity index (χ4v) is 3.39. The normalized spacial score (nSPS) is 10.5. The zero-order chi connectivity index (χ0) is 19.9. The number of thioether (sulfide) groups is 1. The minimum absolute atomic E-state index is 0.0775. The fraction of sp³-hybridized carbons (Fsp3) is 0.190. The van der Waals surface area contributed by atoms with Crippen LogP contribution in [0.2, 0.25) is 0 Å². The van der Waals surface area contributed by atoms with Crippen LogP contribution in [0, 0.1) is 6.92 Å². The Morgan fingerprint density at radius 2 is 2.04 bits per heavy atom. The number of nitrogens with one attached hydrogen (secondary N) is 1. The third-order valence-corrected chi connectivity index (χ3v) is 4.96. The Hall–Kier alpha value is -3.06. The zero-order valence-corrected chi connectivity index (χ0v) is 16.7. The minimum atomic E-state index is -0.0775. The lowest BCUT2D eigenvalue weighted by atomic mass is 10.2. The van der Waals surface area contributed by atoms with Crippen LogP contribution in [0.25, 0.3) is 17.1 Å². The molecule has 0 aliphatic heterocycles. The third kappa shape index (κ3) is 4.61. The molecule has 28 heavy (non-hydrogen) atoms. The van der Waals surface area contributed by atoms with Gasteiger partial charge < -0.3 is 10.1 Å². The molecule has 0 radical (unpaired) electrons. The first kappa shape index (κ1) is 19.7. The van der Waals surface area contributed by atoms with Crippen molar-refractivity contribution in [3.63, 3.8) is 0 Å². The van der Waals surface area contributed by atoms with Gasteiger partial charge in [0.2, 0.25) is 5.91 Å². The Morgan fingerprint density at radius 1 is 1.25 bits per heavy atom. The second-order valence-corrected chi connectivity index (χ2v) is 7.03. The summed E-state index contributed by atoms with van der Waals surface area (Å²) in [4.78, 5) is 12.0. The van der Waals surface area contributed by atoms with Gasteiger partial charge in [0.05, 0.1) is 12.9 Å². The van der Waals surface area contributed by atoms with Crippen molar-refractivity contribution in [2.24, 2.45) is 0 Å². The van der Waals surface area contributed by atoms with Crippen molar-refractivity contribution >= 4 is 17.7 Å².